The van der Waals surface area contributed by atoms with Gasteiger partial charge in [-0.3, -0.25) is 25.2 Å². The molecule has 0 aromatic heterocycles. The van der Waals surface area contributed by atoms with Crippen molar-refractivity contribution in [3.05, 3.63) is 48.0 Å². The average molecular weight is 549 g/mol. The maximum atomic E-state index is 13.2. The molecule has 13 N–H and O–H groups in total. The molecule has 0 aliphatic carbocycles. The normalized spacial score (nSPS) is 13.5. The first-order chi connectivity index (χ1) is 18.3. The standard InChI is InChI=1S/C23H32N8O8/c1-2-9-39-23(38)30-14(10-11-3-5-12(6-4-11)18(25)26)21(35)29-13(7-8-15(32)33)20(34)31-17(22(36)37)16(24)19(27)28/h2-6,13-14,16-17H,1,7-10,24H2,(H3,25,26)(H3,27,28)(H,29,35)(H,30,38)(H,31,34)(H,32,33)(H,36,37)/t13-,14-,16?,17-/m0/s1. The van der Waals surface area contributed by atoms with Gasteiger partial charge in [-0.2, -0.15) is 0 Å². The van der Waals surface area contributed by atoms with Crippen molar-refractivity contribution in [1.29, 1.82) is 10.8 Å². The van der Waals surface area contributed by atoms with E-state index in [1.807, 2.05) is 0 Å². The summed E-state index contributed by atoms with van der Waals surface area (Å²) in [6.07, 6.45) is -0.837. The Balaban J connectivity index is 3.21. The first-order valence-electron chi connectivity index (χ1n) is 11.4. The van der Waals surface area contributed by atoms with Crippen LogP contribution < -0.4 is 33.2 Å². The van der Waals surface area contributed by atoms with Crippen LogP contribution in [0.2, 0.25) is 0 Å². The number of hydrogen-bond acceptors (Lipinski definition) is 9. The number of carboxylic acids is 2. The number of benzene rings is 1. The summed E-state index contributed by atoms with van der Waals surface area (Å²) in [6, 6.07) is -0.183. The molecule has 3 amide bonds. The summed E-state index contributed by atoms with van der Waals surface area (Å²) in [4.78, 5) is 60.9. The zero-order valence-electron chi connectivity index (χ0n) is 20.8. The SMILES string of the molecule is C=CCOC(=O)N[C@@H](Cc1ccc(C(=N)N)cc1)C(=O)N[C@@H](CCC(=O)O)C(=O)N[C@H](C(=O)O)C(N)C(=N)N. The molecule has 0 bridgehead atoms. The van der Waals surface area contributed by atoms with Gasteiger partial charge < -0.3 is 48.1 Å². The predicted molar refractivity (Wildman–Crippen MR) is 138 cm³/mol. The number of carbonyl (C=O) groups is 5. The zero-order chi connectivity index (χ0) is 29.7. The minimum atomic E-state index is -1.85. The molecule has 212 valence electrons. The van der Waals surface area contributed by atoms with E-state index in [1.165, 1.54) is 18.2 Å². The number of carboxylic acid groups (broad SMARTS) is 2. The minimum absolute atomic E-state index is 0.118. The predicted octanol–water partition coefficient (Wildman–Crippen LogP) is -2.02. The third kappa shape index (κ3) is 10.9. The van der Waals surface area contributed by atoms with Crippen molar-refractivity contribution in [2.24, 2.45) is 17.2 Å². The van der Waals surface area contributed by atoms with Crippen molar-refractivity contribution in [2.75, 3.05) is 6.61 Å². The molecule has 0 aliphatic heterocycles. The Morgan fingerprint density at radius 1 is 0.974 bits per heavy atom. The summed E-state index contributed by atoms with van der Waals surface area (Å²) in [5, 5.41) is 40.0. The number of rotatable bonds is 16. The summed E-state index contributed by atoms with van der Waals surface area (Å²) >= 11 is 0. The third-order valence-electron chi connectivity index (χ3n) is 5.21. The van der Waals surface area contributed by atoms with Crippen LogP contribution in [0, 0.1) is 10.8 Å². The highest BCUT2D eigenvalue weighted by atomic mass is 16.5. The van der Waals surface area contributed by atoms with E-state index in [4.69, 9.17) is 37.9 Å². The van der Waals surface area contributed by atoms with Crippen LogP contribution in [-0.4, -0.2) is 82.5 Å². The van der Waals surface area contributed by atoms with Gasteiger partial charge in [0.1, 0.15) is 36.4 Å². The van der Waals surface area contributed by atoms with E-state index in [-0.39, 0.29) is 18.9 Å². The molecular formula is C23H32N8O8. The van der Waals surface area contributed by atoms with Crippen molar-refractivity contribution >= 4 is 41.5 Å². The van der Waals surface area contributed by atoms with E-state index >= 15 is 0 Å². The second-order valence-corrected chi connectivity index (χ2v) is 8.20. The third-order valence-corrected chi connectivity index (χ3v) is 5.21. The number of nitrogens with two attached hydrogens (primary N) is 3. The number of hydrogen-bond donors (Lipinski definition) is 10. The lowest BCUT2D eigenvalue weighted by Gasteiger charge is -2.26. The van der Waals surface area contributed by atoms with Crippen molar-refractivity contribution in [1.82, 2.24) is 16.0 Å². The molecule has 0 radical (unpaired) electrons. The van der Waals surface area contributed by atoms with Crippen LogP contribution in [0.4, 0.5) is 4.79 Å². The molecule has 1 aromatic carbocycles. The van der Waals surface area contributed by atoms with E-state index in [0.717, 1.165) is 0 Å². The maximum absolute atomic E-state index is 13.2. The minimum Gasteiger partial charge on any atom is -0.481 e. The topological polar surface area (TPSA) is 297 Å². The Labute approximate surface area is 222 Å². The molecule has 0 saturated heterocycles. The highest BCUT2D eigenvalue weighted by Gasteiger charge is 2.33. The molecule has 0 aliphatic rings. The van der Waals surface area contributed by atoms with Gasteiger partial charge in [-0.25, -0.2) is 9.59 Å². The van der Waals surface area contributed by atoms with Gasteiger partial charge in [-0.1, -0.05) is 36.9 Å². The Bertz CT molecular complexity index is 1110. The Kier molecular flexibility index (Phi) is 12.6. The molecular weight excluding hydrogens is 516 g/mol. The molecule has 1 unspecified atom stereocenters. The second-order valence-electron chi connectivity index (χ2n) is 8.20. The van der Waals surface area contributed by atoms with Crippen LogP contribution in [-0.2, 0) is 30.3 Å². The van der Waals surface area contributed by atoms with E-state index in [0.29, 0.717) is 11.1 Å². The molecule has 16 heteroatoms. The molecule has 0 heterocycles. The molecule has 16 nitrogen and oxygen atoms in total. The van der Waals surface area contributed by atoms with E-state index in [2.05, 4.69) is 22.5 Å². The van der Waals surface area contributed by atoms with Gasteiger partial charge in [0.25, 0.3) is 0 Å². The van der Waals surface area contributed by atoms with Gasteiger partial charge in [0.2, 0.25) is 11.8 Å². The van der Waals surface area contributed by atoms with Crippen molar-refractivity contribution in [2.45, 2.75) is 43.4 Å². The summed E-state index contributed by atoms with van der Waals surface area (Å²) < 4.78 is 4.86. The van der Waals surface area contributed by atoms with Gasteiger partial charge in [0.15, 0.2) is 0 Å². The van der Waals surface area contributed by atoms with Crippen LogP contribution in [0.3, 0.4) is 0 Å². The number of nitrogens with one attached hydrogen (secondary N) is 5. The smallest absolute Gasteiger partial charge is 0.408 e. The number of amides is 3. The van der Waals surface area contributed by atoms with Crippen LogP contribution in [0.25, 0.3) is 0 Å². The average Bonchev–Trinajstić information content (AvgIpc) is 2.87. The summed E-state index contributed by atoms with van der Waals surface area (Å²) in [7, 11) is 0. The highest BCUT2D eigenvalue weighted by molar-refractivity contribution is 5.96. The zero-order valence-corrected chi connectivity index (χ0v) is 20.8. The Morgan fingerprint density at radius 2 is 1.56 bits per heavy atom. The molecule has 0 saturated carbocycles. The monoisotopic (exact) mass is 548 g/mol. The molecule has 39 heavy (non-hydrogen) atoms. The molecule has 1 aromatic rings. The van der Waals surface area contributed by atoms with E-state index < -0.39 is 72.7 Å². The Morgan fingerprint density at radius 3 is 2.05 bits per heavy atom. The number of nitrogen functional groups attached to an aromatic ring is 1. The molecule has 0 fully saturated rings. The number of alkyl carbamates (subject to hydrolysis) is 1. The van der Waals surface area contributed by atoms with Crippen molar-refractivity contribution in [3.63, 3.8) is 0 Å². The lowest BCUT2D eigenvalue weighted by molar-refractivity contribution is -0.143. The first kappa shape index (κ1) is 32.0. The number of carbonyl (C=O) groups excluding carboxylic acids is 3. The summed E-state index contributed by atoms with van der Waals surface area (Å²) in [5.41, 5.74) is 17.2. The first-order valence-corrected chi connectivity index (χ1v) is 11.4. The lowest BCUT2D eigenvalue weighted by Crippen LogP contribution is -2.61. The van der Waals surface area contributed by atoms with Gasteiger partial charge in [-0.15, -0.1) is 0 Å². The molecule has 0 spiro atoms. The summed E-state index contributed by atoms with van der Waals surface area (Å²) in [6.45, 7) is 3.25. The Hall–Kier alpha value is -4.99. The summed E-state index contributed by atoms with van der Waals surface area (Å²) in [5.74, 6) is -5.86. The molecule has 1 rings (SSSR count). The van der Waals surface area contributed by atoms with Crippen LogP contribution in [0.5, 0.6) is 0 Å². The number of aliphatic carboxylic acids is 2. The fraction of sp³-hybridized carbons (Fsp3) is 0.348. The van der Waals surface area contributed by atoms with Gasteiger partial charge >= 0.3 is 18.0 Å². The number of amidine groups is 2. The van der Waals surface area contributed by atoms with Crippen molar-refractivity contribution in [3.8, 4) is 0 Å². The molecule has 4 atom stereocenters. The van der Waals surface area contributed by atoms with Crippen LogP contribution in [0.15, 0.2) is 36.9 Å². The van der Waals surface area contributed by atoms with Crippen LogP contribution >= 0.6 is 0 Å². The van der Waals surface area contributed by atoms with Crippen LogP contribution in [0.1, 0.15) is 24.0 Å². The van der Waals surface area contributed by atoms with E-state index in [9.17, 15) is 29.1 Å². The van der Waals surface area contributed by atoms with E-state index in [1.54, 1.807) is 12.1 Å². The maximum Gasteiger partial charge on any atom is 0.408 e. The van der Waals surface area contributed by atoms with Crippen molar-refractivity contribution < 1.29 is 38.9 Å². The number of ether oxygens (including phenoxy) is 1. The van der Waals surface area contributed by atoms with Gasteiger partial charge in [0, 0.05) is 18.4 Å². The second kappa shape index (κ2) is 15.3. The fourth-order valence-electron chi connectivity index (χ4n) is 3.13. The lowest BCUT2D eigenvalue weighted by atomic mass is 10.0. The highest BCUT2D eigenvalue weighted by Crippen LogP contribution is 2.09. The fourth-order valence-corrected chi connectivity index (χ4v) is 3.13. The quantitative estimate of drug-likeness (QED) is 0.0610. The van der Waals surface area contributed by atoms with Gasteiger partial charge in [0.05, 0.1) is 6.04 Å². The largest absolute Gasteiger partial charge is 0.481 e. The van der Waals surface area contributed by atoms with Gasteiger partial charge in [-0.05, 0) is 12.0 Å².